The third kappa shape index (κ3) is 4.53. The van der Waals surface area contributed by atoms with E-state index in [1.165, 1.54) is 26.5 Å². The maximum Gasteiger partial charge on any atom is 0.324 e. The highest BCUT2D eigenvalue weighted by Gasteiger charge is 2.09. The van der Waals surface area contributed by atoms with Crippen molar-refractivity contribution in [2.75, 3.05) is 14.2 Å². The lowest BCUT2D eigenvalue weighted by molar-refractivity contribution is -0.380. The Bertz CT molecular complexity index is 772. The molecule has 0 atom stereocenters. The zero-order chi connectivity index (χ0) is 17.5. The van der Waals surface area contributed by atoms with E-state index in [2.05, 4.69) is 10.5 Å². The van der Waals surface area contributed by atoms with Gasteiger partial charge >= 0.3 is 5.00 Å². The molecule has 0 aliphatic rings. The van der Waals surface area contributed by atoms with Crippen molar-refractivity contribution >= 4 is 28.5 Å². The molecule has 1 N–H and O–H groups in total. The van der Waals surface area contributed by atoms with Gasteiger partial charge in [0.05, 0.1) is 31.8 Å². The van der Waals surface area contributed by atoms with E-state index in [0.29, 0.717) is 17.1 Å². The van der Waals surface area contributed by atoms with E-state index in [1.54, 1.807) is 23.6 Å². The summed E-state index contributed by atoms with van der Waals surface area (Å²) in [6.45, 7) is 0. The first-order chi connectivity index (χ1) is 11.5. The molecule has 0 unspecified atom stereocenters. The number of hydrogen-bond donors (Lipinski definition) is 1. The van der Waals surface area contributed by atoms with Crippen LogP contribution in [-0.2, 0) is 11.2 Å². The third-order valence-corrected chi connectivity index (χ3v) is 3.90. The smallest absolute Gasteiger partial charge is 0.324 e. The van der Waals surface area contributed by atoms with Crippen LogP contribution in [0.25, 0.3) is 0 Å². The van der Waals surface area contributed by atoms with Gasteiger partial charge in [0.1, 0.15) is 0 Å². The van der Waals surface area contributed by atoms with Gasteiger partial charge in [0.25, 0.3) is 0 Å². The van der Waals surface area contributed by atoms with Crippen LogP contribution in [0.1, 0.15) is 11.1 Å². The van der Waals surface area contributed by atoms with Crippen LogP contribution in [0.2, 0.25) is 0 Å². The molecule has 1 aromatic heterocycles. The minimum absolute atomic E-state index is 0.0214. The van der Waals surface area contributed by atoms with Crippen LogP contribution in [0.5, 0.6) is 11.5 Å². The van der Waals surface area contributed by atoms with Gasteiger partial charge in [-0.05, 0) is 17.7 Å². The average Bonchev–Trinajstić information content (AvgIpc) is 3.04. The molecule has 0 bridgehead atoms. The molecule has 1 heterocycles. The lowest BCUT2D eigenvalue weighted by atomic mass is 10.1. The molecule has 24 heavy (non-hydrogen) atoms. The van der Waals surface area contributed by atoms with Gasteiger partial charge in [-0.2, -0.15) is 5.10 Å². The lowest BCUT2D eigenvalue weighted by Crippen LogP contribution is -2.19. The molecule has 0 saturated heterocycles. The Kier molecular flexibility index (Phi) is 5.85. The highest BCUT2D eigenvalue weighted by molar-refractivity contribution is 7.13. The number of nitrogens with one attached hydrogen (secondary N) is 1. The number of hydrazone groups is 1. The summed E-state index contributed by atoms with van der Waals surface area (Å²) in [7, 11) is 3.06. The summed E-state index contributed by atoms with van der Waals surface area (Å²) in [5.41, 5.74) is 3.67. The van der Waals surface area contributed by atoms with Gasteiger partial charge in [0.15, 0.2) is 11.5 Å². The highest BCUT2D eigenvalue weighted by Crippen LogP contribution is 2.27. The summed E-state index contributed by atoms with van der Waals surface area (Å²) < 4.78 is 10.3. The Labute approximate surface area is 141 Å². The summed E-state index contributed by atoms with van der Waals surface area (Å²) in [6, 6.07) is 6.57. The number of hydrogen-bond acceptors (Lipinski definition) is 7. The van der Waals surface area contributed by atoms with Gasteiger partial charge in [0.2, 0.25) is 5.91 Å². The number of thiophene rings is 1. The number of nitro groups is 1. The highest BCUT2D eigenvalue weighted by atomic mass is 32.1. The fourth-order valence-corrected chi connectivity index (χ4v) is 2.57. The summed E-state index contributed by atoms with van der Waals surface area (Å²) in [5.74, 6) is 0.804. The summed E-state index contributed by atoms with van der Waals surface area (Å²) in [4.78, 5) is 22.0. The SMILES string of the molecule is COc1ccc(CC(=O)NN=Cc2csc([N+](=O)[O-])c2)cc1OC. The fraction of sp³-hybridized carbons (Fsp3) is 0.200. The van der Waals surface area contributed by atoms with Crippen LogP contribution in [0.4, 0.5) is 5.00 Å². The maximum absolute atomic E-state index is 11.9. The van der Waals surface area contributed by atoms with Crippen molar-refractivity contribution in [2.45, 2.75) is 6.42 Å². The predicted octanol–water partition coefficient (Wildman–Crippen LogP) is 2.37. The molecule has 2 rings (SSSR count). The second-order valence-electron chi connectivity index (χ2n) is 4.63. The van der Waals surface area contributed by atoms with E-state index in [9.17, 15) is 14.9 Å². The van der Waals surface area contributed by atoms with Crippen molar-refractivity contribution in [3.05, 3.63) is 50.9 Å². The second-order valence-corrected chi connectivity index (χ2v) is 5.52. The summed E-state index contributed by atoms with van der Waals surface area (Å²) >= 11 is 0.998. The van der Waals surface area contributed by atoms with E-state index in [4.69, 9.17) is 9.47 Å². The van der Waals surface area contributed by atoms with Crippen molar-refractivity contribution in [1.82, 2.24) is 5.43 Å². The summed E-state index contributed by atoms with van der Waals surface area (Å²) in [5, 5.41) is 16.0. The molecule has 126 valence electrons. The molecule has 2 aromatic rings. The summed E-state index contributed by atoms with van der Waals surface area (Å²) in [6.07, 6.45) is 1.47. The zero-order valence-corrected chi connectivity index (χ0v) is 13.8. The van der Waals surface area contributed by atoms with Crippen molar-refractivity contribution < 1.29 is 19.2 Å². The molecular weight excluding hydrogens is 334 g/mol. The van der Waals surface area contributed by atoms with Crippen LogP contribution in [-0.4, -0.2) is 31.3 Å². The average molecular weight is 349 g/mol. The normalized spacial score (nSPS) is 10.6. The number of methoxy groups -OCH3 is 2. The van der Waals surface area contributed by atoms with E-state index < -0.39 is 4.92 Å². The lowest BCUT2D eigenvalue weighted by Gasteiger charge is -2.09. The first-order valence-corrected chi connectivity index (χ1v) is 7.67. The molecule has 8 nitrogen and oxygen atoms in total. The number of ether oxygens (including phenoxy) is 2. The van der Waals surface area contributed by atoms with Crippen molar-refractivity contribution in [2.24, 2.45) is 5.10 Å². The van der Waals surface area contributed by atoms with E-state index in [1.807, 2.05) is 0 Å². The number of rotatable bonds is 7. The Morgan fingerprint density at radius 2 is 2.08 bits per heavy atom. The second kappa shape index (κ2) is 8.06. The molecule has 0 saturated carbocycles. The first kappa shape index (κ1) is 17.4. The van der Waals surface area contributed by atoms with Crippen molar-refractivity contribution in [3.8, 4) is 11.5 Å². The minimum Gasteiger partial charge on any atom is -0.493 e. The molecule has 0 aliphatic carbocycles. The van der Waals surface area contributed by atoms with Gasteiger partial charge in [-0.25, -0.2) is 5.43 Å². The third-order valence-electron chi connectivity index (χ3n) is 3.00. The Balaban J connectivity index is 1.93. The van der Waals surface area contributed by atoms with E-state index >= 15 is 0 Å². The number of carbonyl (C=O) groups excluding carboxylic acids is 1. The first-order valence-electron chi connectivity index (χ1n) is 6.79. The number of nitrogens with zero attached hydrogens (tertiary/aromatic N) is 2. The monoisotopic (exact) mass is 349 g/mol. The van der Waals surface area contributed by atoms with Gasteiger partial charge in [-0.15, -0.1) is 0 Å². The Morgan fingerprint density at radius 1 is 1.33 bits per heavy atom. The van der Waals surface area contributed by atoms with Crippen LogP contribution >= 0.6 is 11.3 Å². The van der Waals surface area contributed by atoms with E-state index in [-0.39, 0.29) is 17.3 Å². The fourth-order valence-electron chi connectivity index (χ4n) is 1.90. The Hall–Kier alpha value is -2.94. The van der Waals surface area contributed by atoms with Crippen LogP contribution in [0.3, 0.4) is 0 Å². The minimum atomic E-state index is -0.475. The van der Waals surface area contributed by atoms with Gasteiger partial charge < -0.3 is 9.47 Å². The van der Waals surface area contributed by atoms with Crippen LogP contribution < -0.4 is 14.9 Å². The van der Waals surface area contributed by atoms with Gasteiger partial charge in [-0.3, -0.25) is 14.9 Å². The predicted molar refractivity (Wildman–Crippen MR) is 90.0 cm³/mol. The standard InChI is InChI=1S/C15H15N3O5S/c1-22-12-4-3-10(5-13(12)23-2)6-14(19)17-16-8-11-7-15(18(20)21)24-9-11/h3-5,7-9H,6H2,1-2H3,(H,17,19). The van der Waals surface area contributed by atoms with Crippen LogP contribution in [0, 0.1) is 10.1 Å². The molecule has 0 aliphatic heterocycles. The number of amides is 1. The topological polar surface area (TPSA) is 103 Å². The molecule has 1 aromatic carbocycles. The quantitative estimate of drug-likeness (QED) is 0.469. The molecule has 9 heteroatoms. The molecule has 1 amide bonds. The zero-order valence-electron chi connectivity index (χ0n) is 13.0. The van der Waals surface area contributed by atoms with E-state index in [0.717, 1.165) is 16.9 Å². The van der Waals surface area contributed by atoms with Crippen molar-refractivity contribution in [3.63, 3.8) is 0 Å². The van der Waals surface area contributed by atoms with Gasteiger partial charge in [0, 0.05) is 17.0 Å². The number of benzene rings is 1. The molecule has 0 spiro atoms. The maximum atomic E-state index is 11.9. The van der Waals surface area contributed by atoms with Gasteiger partial charge in [-0.1, -0.05) is 17.4 Å². The van der Waals surface area contributed by atoms with Crippen molar-refractivity contribution in [1.29, 1.82) is 0 Å². The largest absolute Gasteiger partial charge is 0.493 e. The molecular formula is C15H15N3O5S. The number of carbonyl (C=O) groups is 1. The molecule has 0 fully saturated rings. The Morgan fingerprint density at radius 3 is 2.71 bits per heavy atom. The van der Waals surface area contributed by atoms with Crippen LogP contribution in [0.15, 0.2) is 34.7 Å². The molecule has 0 radical (unpaired) electrons.